The van der Waals surface area contributed by atoms with Gasteiger partial charge in [0.05, 0.1) is 14.6 Å². The van der Waals surface area contributed by atoms with E-state index in [1.165, 1.54) is 31.3 Å². The van der Waals surface area contributed by atoms with Gasteiger partial charge in [0.25, 0.3) is 0 Å². The third-order valence-corrected chi connectivity index (χ3v) is 7.33. The molecule has 112 valence electrons. The molecule has 0 saturated heterocycles. The van der Waals surface area contributed by atoms with Crippen LogP contribution in [0, 0.1) is 5.92 Å². The molecule has 2 unspecified atom stereocenters. The molecule has 1 heterocycles. The van der Waals surface area contributed by atoms with Gasteiger partial charge in [-0.25, -0.2) is 0 Å². The van der Waals surface area contributed by atoms with Crippen molar-refractivity contribution >= 4 is 64.8 Å². The second-order valence-electron chi connectivity index (χ2n) is 6.02. The summed E-state index contributed by atoms with van der Waals surface area (Å²) >= 11 is 12.2. The molecular formula is C20H12BrClS. The number of allylic oxidation sites excluding steroid dienone is 5. The Morgan fingerprint density at radius 3 is 2.83 bits per heavy atom. The quantitative estimate of drug-likeness (QED) is 0.374. The van der Waals surface area contributed by atoms with E-state index in [9.17, 15) is 0 Å². The highest BCUT2D eigenvalue weighted by atomic mass is 79.9. The number of hydrogen-bond donors (Lipinski definition) is 0. The average Bonchev–Trinajstić information content (AvgIpc) is 2.98. The van der Waals surface area contributed by atoms with Crippen LogP contribution in [0.3, 0.4) is 0 Å². The Morgan fingerprint density at radius 1 is 1.09 bits per heavy atom. The number of benzene rings is 2. The molecule has 2 aromatic carbocycles. The Balaban J connectivity index is 1.98. The van der Waals surface area contributed by atoms with Crippen LogP contribution in [-0.2, 0) is 0 Å². The Kier molecular flexibility index (Phi) is 3.09. The second-order valence-corrected chi connectivity index (χ2v) is 8.30. The second kappa shape index (κ2) is 5.07. The van der Waals surface area contributed by atoms with E-state index in [0.29, 0.717) is 11.8 Å². The van der Waals surface area contributed by atoms with Crippen LogP contribution in [0.15, 0.2) is 65.2 Å². The molecule has 2 aliphatic carbocycles. The molecule has 2 aliphatic rings. The SMILES string of the molecule is ClC1=CC2C=CC=CC2c2c1sc1c(Br)cc3ccccc3c21. The Morgan fingerprint density at radius 2 is 1.91 bits per heavy atom. The minimum absolute atomic E-state index is 0.357. The van der Waals surface area contributed by atoms with Gasteiger partial charge >= 0.3 is 0 Å². The summed E-state index contributed by atoms with van der Waals surface area (Å²) in [5.41, 5.74) is 1.39. The maximum Gasteiger partial charge on any atom is 0.0548 e. The molecule has 0 aliphatic heterocycles. The first-order valence-corrected chi connectivity index (χ1v) is 9.59. The van der Waals surface area contributed by atoms with E-state index in [1.807, 2.05) is 0 Å². The maximum atomic E-state index is 6.64. The Labute approximate surface area is 151 Å². The first-order valence-electron chi connectivity index (χ1n) is 7.60. The van der Waals surface area contributed by atoms with Gasteiger partial charge < -0.3 is 0 Å². The number of halogens is 2. The van der Waals surface area contributed by atoms with Crippen LogP contribution in [0.25, 0.3) is 25.9 Å². The topological polar surface area (TPSA) is 0 Å². The Bertz CT molecular complexity index is 1050. The fourth-order valence-electron chi connectivity index (χ4n) is 3.74. The zero-order valence-corrected chi connectivity index (χ0v) is 15.3. The molecule has 0 radical (unpaired) electrons. The van der Waals surface area contributed by atoms with E-state index in [4.69, 9.17) is 11.6 Å². The van der Waals surface area contributed by atoms with Gasteiger partial charge in [-0.3, -0.25) is 0 Å². The van der Waals surface area contributed by atoms with Crippen molar-refractivity contribution in [3.05, 3.63) is 75.6 Å². The molecule has 1 aromatic heterocycles. The summed E-state index contributed by atoms with van der Waals surface area (Å²) in [4.78, 5) is 1.22. The number of hydrogen-bond acceptors (Lipinski definition) is 1. The van der Waals surface area contributed by atoms with Crippen LogP contribution in [0.1, 0.15) is 16.4 Å². The van der Waals surface area contributed by atoms with Crippen molar-refractivity contribution in [1.82, 2.24) is 0 Å². The predicted molar refractivity (Wildman–Crippen MR) is 105 cm³/mol. The van der Waals surface area contributed by atoms with Crippen molar-refractivity contribution in [3.63, 3.8) is 0 Å². The molecular weight excluding hydrogens is 388 g/mol. The van der Waals surface area contributed by atoms with E-state index in [1.54, 1.807) is 11.3 Å². The minimum Gasteiger partial charge on any atom is -0.133 e. The van der Waals surface area contributed by atoms with E-state index in [-0.39, 0.29) is 0 Å². The lowest BCUT2D eigenvalue weighted by molar-refractivity contribution is 0.699. The molecule has 0 N–H and O–H groups in total. The van der Waals surface area contributed by atoms with E-state index >= 15 is 0 Å². The highest BCUT2D eigenvalue weighted by molar-refractivity contribution is 9.10. The standard InChI is InChI=1S/C20H12BrClS/c21-15-9-11-5-1-3-7-13(11)17-18-14-8-4-2-6-12(14)10-16(22)20(18)23-19(15)17/h1-10,12,14H. The number of rotatable bonds is 0. The van der Waals surface area contributed by atoms with Crippen molar-refractivity contribution in [2.45, 2.75) is 5.92 Å². The average molecular weight is 400 g/mol. The van der Waals surface area contributed by atoms with Crippen molar-refractivity contribution in [1.29, 1.82) is 0 Å². The van der Waals surface area contributed by atoms with Crippen LogP contribution in [-0.4, -0.2) is 0 Å². The molecule has 0 spiro atoms. The summed E-state index contributed by atoms with van der Waals surface area (Å²) in [5, 5.41) is 4.83. The van der Waals surface area contributed by atoms with Crippen LogP contribution >= 0.6 is 38.9 Å². The molecule has 0 nitrogen and oxygen atoms in total. The van der Waals surface area contributed by atoms with Crippen molar-refractivity contribution in [2.75, 3.05) is 0 Å². The lowest BCUT2D eigenvalue weighted by Crippen LogP contribution is -2.13. The summed E-state index contributed by atoms with van der Waals surface area (Å²) < 4.78 is 2.45. The molecule has 0 saturated carbocycles. The van der Waals surface area contributed by atoms with Gasteiger partial charge in [0, 0.05) is 21.7 Å². The first kappa shape index (κ1) is 14.0. The van der Waals surface area contributed by atoms with E-state index in [2.05, 4.69) is 76.6 Å². The molecule has 3 heteroatoms. The largest absolute Gasteiger partial charge is 0.133 e. The van der Waals surface area contributed by atoms with Crippen LogP contribution < -0.4 is 0 Å². The normalized spacial score (nSPS) is 22.3. The highest BCUT2D eigenvalue weighted by Crippen LogP contribution is 2.52. The summed E-state index contributed by atoms with van der Waals surface area (Å²) in [5.74, 6) is 0.736. The maximum absolute atomic E-state index is 6.64. The van der Waals surface area contributed by atoms with Crippen LogP contribution in [0.2, 0.25) is 0 Å². The zero-order valence-electron chi connectivity index (χ0n) is 12.1. The Hall–Kier alpha value is -1.35. The number of thiophene rings is 1. The lowest BCUT2D eigenvalue weighted by Gasteiger charge is -2.27. The fraction of sp³-hybridized carbons (Fsp3) is 0.100. The van der Waals surface area contributed by atoms with Crippen molar-refractivity contribution in [3.8, 4) is 0 Å². The van der Waals surface area contributed by atoms with Crippen LogP contribution in [0.4, 0.5) is 0 Å². The summed E-state index contributed by atoms with van der Waals surface area (Å²) in [6, 6.07) is 10.8. The van der Waals surface area contributed by atoms with Crippen molar-refractivity contribution in [2.24, 2.45) is 5.92 Å². The third kappa shape index (κ3) is 1.95. The summed E-state index contributed by atoms with van der Waals surface area (Å²) in [6.45, 7) is 0. The highest BCUT2D eigenvalue weighted by Gasteiger charge is 2.32. The molecule has 0 fully saturated rings. The minimum atomic E-state index is 0.357. The monoisotopic (exact) mass is 398 g/mol. The summed E-state index contributed by atoms with van der Waals surface area (Å²) in [6.07, 6.45) is 11.0. The predicted octanol–water partition coefficient (Wildman–Crippen LogP) is 7.24. The first-order chi connectivity index (χ1) is 11.2. The van der Waals surface area contributed by atoms with Gasteiger partial charge in [0.15, 0.2) is 0 Å². The zero-order chi connectivity index (χ0) is 15.6. The molecule has 0 bridgehead atoms. The third-order valence-electron chi connectivity index (χ3n) is 4.74. The fourth-order valence-corrected chi connectivity index (χ4v) is 5.99. The van der Waals surface area contributed by atoms with Gasteiger partial charge in [0.2, 0.25) is 0 Å². The van der Waals surface area contributed by atoms with Gasteiger partial charge in [-0.1, -0.05) is 66.2 Å². The summed E-state index contributed by atoms with van der Waals surface area (Å²) in [7, 11) is 0. The van der Waals surface area contributed by atoms with E-state index in [0.717, 1.165) is 9.51 Å². The molecule has 23 heavy (non-hydrogen) atoms. The van der Waals surface area contributed by atoms with Crippen molar-refractivity contribution < 1.29 is 0 Å². The van der Waals surface area contributed by atoms with Gasteiger partial charge in [-0.15, -0.1) is 11.3 Å². The molecule has 0 amide bonds. The molecule has 2 atom stereocenters. The van der Waals surface area contributed by atoms with Gasteiger partial charge in [0.1, 0.15) is 0 Å². The lowest BCUT2D eigenvalue weighted by atomic mass is 9.78. The molecule has 3 aromatic rings. The van der Waals surface area contributed by atoms with Gasteiger partial charge in [-0.2, -0.15) is 0 Å². The van der Waals surface area contributed by atoms with Crippen LogP contribution in [0.5, 0.6) is 0 Å². The van der Waals surface area contributed by atoms with Gasteiger partial charge in [-0.05, 0) is 38.3 Å². The van der Waals surface area contributed by atoms with E-state index < -0.39 is 0 Å². The molecule has 5 rings (SSSR count). The number of fused-ring (bicyclic) bond motifs is 7. The smallest absolute Gasteiger partial charge is 0.0548 e.